The Hall–Kier alpha value is -8.00. The summed E-state index contributed by atoms with van der Waals surface area (Å²) in [6.45, 7) is 0. The van der Waals surface area contributed by atoms with Crippen LogP contribution in [0.5, 0.6) is 0 Å². The van der Waals surface area contributed by atoms with E-state index in [1.807, 2.05) is 0 Å². The molecule has 0 atom stereocenters. The molecule has 1 nitrogen and oxygen atoms in total. The number of rotatable bonds is 10. The highest BCUT2D eigenvalue weighted by Gasteiger charge is 2.15. The zero-order chi connectivity index (χ0) is 40.8. The topological polar surface area (TPSA) is 3.24 Å². The van der Waals surface area contributed by atoms with E-state index >= 15 is 0 Å². The molecule has 0 saturated heterocycles. The van der Waals surface area contributed by atoms with Gasteiger partial charge in [0.05, 0.1) is 0 Å². The first-order valence-corrected chi connectivity index (χ1v) is 20.9. The molecule has 0 heterocycles. The molecule has 10 aromatic carbocycles. The lowest BCUT2D eigenvalue weighted by Crippen LogP contribution is -2.09. The average Bonchev–Trinajstić information content (AvgIpc) is 3.36. The van der Waals surface area contributed by atoms with Crippen LogP contribution in [0.3, 0.4) is 0 Å². The first-order chi connectivity index (χ1) is 30.2. The van der Waals surface area contributed by atoms with Crippen molar-refractivity contribution in [3.8, 4) is 77.9 Å². The van der Waals surface area contributed by atoms with E-state index in [-0.39, 0.29) is 0 Å². The Morgan fingerprint density at radius 3 is 0.590 bits per heavy atom. The van der Waals surface area contributed by atoms with Crippen LogP contribution in [0.4, 0.5) is 17.1 Å². The quantitative estimate of drug-likeness (QED) is 0.134. The van der Waals surface area contributed by atoms with Crippen LogP contribution in [0.1, 0.15) is 0 Å². The number of hydrogen-bond donors (Lipinski definition) is 0. The maximum atomic E-state index is 2.35. The number of benzene rings is 10. The molecule has 0 saturated carbocycles. The highest BCUT2D eigenvalue weighted by atomic mass is 15.1. The molecule has 0 unspecified atom stereocenters. The molecule has 10 aromatic rings. The first-order valence-electron chi connectivity index (χ1n) is 20.9. The van der Waals surface area contributed by atoms with E-state index in [1.165, 1.54) is 77.9 Å². The summed E-state index contributed by atoms with van der Waals surface area (Å²) in [5.74, 6) is 0. The minimum atomic E-state index is 1.09. The van der Waals surface area contributed by atoms with Crippen LogP contribution in [0.2, 0.25) is 0 Å². The summed E-state index contributed by atoms with van der Waals surface area (Å²) in [4.78, 5) is 2.35. The maximum Gasteiger partial charge on any atom is 0.0462 e. The van der Waals surface area contributed by atoms with Crippen molar-refractivity contribution in [3.05, 3.63) is 261 Å². The van der Waals surface area contributed by atoms with Gasteiger partial charge < -0.3 is 4.90 Å². The SMILES string of the molecule is c1ccc(-c2ccc(-c3ccc(N(c4ccc(-c5ccc(-c6ccccc6)cc5)cc4)c4ccc(-c5ccccc5-c5ccc(-c6ccccc6)cc5)cc4)cc3)cc2)cc1. The van der Waals surface area contributed by atoms with E-state index in [9.17, 15) is 0 Å². The molecule has 1 heteroatoms. The molecule has 0 aromatic heterocycles. The lowest BCUT2D eigenvalue weighted by atomic mass is 9.93. The normalized spacial score (nSPS) is 11.0. The smallest absolute Gasteiger partial charge is 0.0462 e. The van der Waals surface area contributed by atoms with E-state index < -0.39 is 0 Å². The van der Waals surface area contributed by atoms with Crippen molar-refractivity contribution in [1.82, 2.24) is 0 Å². The summed E-state index contributed by atoms with van der Waals surface area (Å²) in [5, 5.41) is 0. The predicted molar refractivity (Wildman–Crippen MR) is 259 cm³/mol. The number of anilines is 3. The van der Waals surface area contributed by atoms with Gasteiger partial charge in [0.15, 0.2) is 0 Å². The van der Waals surface area contributed by atoms with Crippen LogP contribution >= 0.6 is 0 Å². The summed E-state index contributed by atoms with van der Waals surface area (Å²) in [7, 11) is 0. The van der Waals surface area contributed by atoms with Gasteiger partial charge in [0.2, 0.25) is 0 Å². The molecule has 0 aliphatic rings. The molecule has 0 spiro atoms. The van der Waals surface area contributed by atoms with E-state index in [0.29, 0.717) is 0 Å². The number of hydrogen-bond acceptors (Lipinski definition) is 1. The van der Waals surface area contributed by atoms with Gasteiger partial charge in [-0.3, -0.25) is 0 Å². The Balaban J connectivity index is 0.967. The van der Waals surface area contributed by atoms with Gasteiger partial charge in [0.1, 0.15) is 0 Å². The van der Waals surface area contributed by atoms with E-state index in [2.05, 4.69) is 266 Å². The number of nitrogens with zero attached hydrogens (tertiary/aromatic N) is 1. The second kappa shape index (κ2) is 17.1. The molecule has 10 rings (SSSR count). The summed E-state index contributed by atoms with van der Waals surface area (Å²) < 4.78 is 0. The van der Waals surface area contributed by atoms with Crippen molar-refractivity contribution in [2.75, 3.05) is 4.90 Å². The van der Waals surface area contributed by atoms with Crippen LogP contribution in [0.25, 0.3) is 77.9 Å². The third-order valence-corrected chi connectivity index (χ3v) is 11.6. The van der Waals surface area contributed by atoms with Crippen LogP contribution in [-0.4, -0.2) is 0 Å². The van der Waals surface area contributed by atoms with Gasteiger partial charge in [-0.2, -0.15) is 0 Å². The van der Waals surface area contributed by atoms with Gasteiger partial charge in [-0.1, -0.05) is 224 Å². The minimum Gasteiger partial charge on any atom is -0.311 e. The molecular weight excluding hydrogens is 735 g/mol. The Bertz CT molecular complexity index is 2850. The highest BCUT2D eigenvalue weighted by Crippen LogP contribution is 2.40. The molecule has 0 N–H and O–H groups in total. The highest BCUT2D eigenvalue weighted by molar-refractivity contribution is 5.87. The Morgan fingerprint density at radius 2 is 0.328 bits per heavy atom. The second-order valence-electron chi connectivity index (χ2n) is 15.4. The third kappa shape index (κ3) is 8.06. The molecule has 0 radical (unpaired) electrons. The van der Waals surface area contributed by atoms with E-state index in [0.717, 1.165) is 17.1 Å². The van der Waals surface area contributed by atoms with Gasteiger partial charge >= 0.3 is 0 Å². The van der Waals surface area contributed by atoms with Crippen molar-refractivity contribution >= 4 is 17.1 Å². The van der Waals surface area contributed by atoms with Crippen LogP contribution in [-0.2, 0) is 0 Å². The lowest BCUT2D eigenvalue weighted by molar-refractivity contribution is 1.28. The minimum absolute atomic E-state index is 1.09. The fourth-order valence-electron chi connectivity index (χ4n) is 8.27. The summed E-state index contributed by atoms with van der Waals surface area (Å²) in [5.41, 5.74) is 20.1. The maximum absolute atomic E-state index is 2.35. The zero-order valence-corrected chi connectivity index (χ0v) is 33.8. The van der Waals surface area contributed by atoms with Gasteiger partial charge in [0.25, 0.3) is 0 Å². The zero-order valence-electron chi connectivity index (χ0n) is 33.8. The van der Waals surface area contributed by atoms with E-state index in [1.54, 1.807) is 0 Å². The van der Waals surface area contributed by atoms with Crippen LogP contribution in [0, 0.1) is 0 Å². The molecule has 0 fully saturated rings. The second-order valence-corrected chi connectivity index (χ2v) is 15.4. The van der Waals surface area contributed by atoms with Crippen molar-refractivity contribution in [2.45, 2.75) is 0 Å². The first kappa shape index (κ1) is 37.3. The summed E-state index contributed by atoms with van der Waals surface area (Å²) >= 11 is 0. The van der Waals surface area contributed by atoms with Crippen molar-refractivity contribution < 1.29 is 0 Å². The van der Waals surface area contributed by atoms with Crippen molar-refractivity contribution in [3.63, 3.8) is 0 Å². The summed E-state index contributed by atoms with van der Waals surface area (Å²) in [6, 6.07) is 93.8. The molecule has 0 aliphatic carbocycles. The molecule has 0 bridgehead atoms. The molecule has 288 valence electrons. The monoisotopic (exact) mass is 777 g/mol. The molecule has 0 amide bonds. The lowest BCUT2D eigenvalue weighted by Gasteiger charge is -2.26. The Morgan fingerprint density at radius 1 is 0.148 bits per heavy atom. The van der Waals surface area contributed by atoms with Gasteiger partial charge in [-0.05, 0) is 114 Å². The predicted octanol–water partition coefficient (Wildman–Crippen LogP) is 16.8. The van der Waals surface area contributed by atoms with Crippen molar-refractivity contribution in [1.29, 1.82) is 0 Å². The van der Waals surface area contributed by atoms with Crippen LogP contribution in [0.15, 0.2) is 261 Å². The molecular formula is C60H43N. The van der Waals surface area contributed by atoms with E-state index in [4.69, 9.17) is 0 Å². The molecule has 61 heavy (non-hydrogen) atoms. The van der Waals surface area contributed by atoms with Gasteiger partial charge in [-0.15, -0.1) is 0 Å². The Kier molecular flexibility index (Phi) is 10.4. The van der Waals surface area contributed by atoms with Gasteiger partial charge in [-0.25, -0.2) is 0 Å². The average molecular weight is 778 g/mol. The van der Waals surface area contributed by atoms with Crippen molar-refractivity contribution in [2.24, 2.45) is 0 Å². The van der Waals surface area contributed by atoms with Gasteiger partial charge in [0, 0.05) is 17.1 Å². The fourth-order valence-corrected chi connectivity index (χ4v) is 8.27. The fraction of sp³-hybridized carbons (Fsp3) is 0. The third-order valence-electron chi connectivity index (χ3n) is 11.6. The van der Waals surface area contributed by atoms with Crippen LogP contribution < -0.4 is 4.90 Å². The summed E-state index contributed by atoms with van der Waals surface area (Å²) in [6.07, 6.45) is 0. The largest absolute Gasteiger partial charge is 0.311 e. The Labute approximate surface area is 359 Å². The molecule has 0 aliphatic heterocycles. The standard InChI is InChI=1S/C60H43N/c1-4-12-44(13-5-1)47-20-24-50(25-21-47)52-32-38-56(39-33-52)61(57-40-34-53(35-41-57)51-26-22-48(23-27-51)45-14-6-2-7-15-45)58-42-36-55(37-43-58)60-19-11-10-18-59(60)54-30-28-49(29-31-54)46-16-8-3-9-17-46/h1-43H.